The fourth-order valence-electron chi connectivity index (χ4n) is 2.35. The van der Waals surface area contributed by atoms with Crippen LogP contribution in [0.1, 0.15) is 36.0 Å². The van der Waals surface area contributed by atoms with Crippen LogP contribution in [0.3, 0.4) is 0 Å². The maximum Gasteiger partial charge on any atom is 0.234 e. The molecule has 0 radical (unpaired) electrons. The van der Waals surface area contributed by atoms with Gasteiger partial charge in [0.1, 0.15) is 10.8 Å². The number of anilines is 1. The van der Waals surface area contributed by atoms with Crippen molar-refractivity contribution in [2.24, 2.45) is 0 Å². The van der Waals surface area contributed by atoms with Crippen LogP contribution in [0, 0.1) is 5.82 Å². The van der Waals surface area contributed by atoms with Crippen LogP contribution in [0.5, 0.6) is 0 Å². The van der Waals surface area contributed by atoms with Crippen molar-refractivity contribution < 1.29 is 9.18 Å². The second-order valence-corrected chi connectivity index (χ2v) is 6.62. The van der Waals surface area contributed by atoms with Crippen LogP contribution >= 0.6 is 11.3 Å². The van der Waals surface area contributed by atoms with E-state index in [4.69, 9.17) is 0 Å². The third kappa shape index (κ3) is 3.07. The molecule has 0 saturated heterocycles. The van der Waals surface area contributed by atoms with Crippen LogP contribution < -0.4 is 5.32 Å². The number of nitrogens with one attached hydrogen (secondary N) is 1. The molecule has 0 aliphatic heterocycles. The minimum atomic E-state index is -0.325. The molecule has 23 heavy (non-hydrogen) atoms. The zero-order valence-electron chi connectivity index (χ0n) is 12.2. The standard InChI is InChI=1S/C15H14FN5OS/c16-10-3-5-11(6-4-10)17-12(22)7-8-13-20-21-14(9-1-2-9)18-19-15(21)23-13/h3-6,9H,1-2,7-8H2,(H,17,22). The molecule has 2 aromatic heterocycles. The summed E-state index contributed by atoms with van der Waals surface area (Å²) in [5.74, 6) is 0.971. The molecule has 0 bridgehead atoms. The largest absolute Gasteiger partial charge is 0.326 e. The topological polar surface area (TPSA) is 72.2 Å². The molecule has 118 valence electrons. The first-order valence-electron chi connectivity index (χ1n) is 7.45. The summed E-state index contributed by atoms with van der Waals surface area (Å²) in [5.41, 5.74) is 0.588. The third-order valence-corrected chi connectivity index (χ3v) is 4.65. The van der Waals surface area contributed by atoms with E-state index in [2.05, 4.69) is 20.6 Å². The Morgan fingerprint density at radius 3 is 2.83 bits per heavy atom. The zero-order valence-corrected chi connectivity index (χ0v) is 13.0. The van der Waals surface area contributed by atoms with E-state index in [0.717, 1.165) is 28.6 Å². The SMILES string of the molecule is O=C(CCc1nn2c(C3CC3)nnc2s1)Nc1ccc(F)cc1. The Morgan fingerprint density at radius 1 is 1.30 bits per heavy atom. The number of nitrogens with zero attached hydrogens (tertiary/aromatic N) is 4. The lowest BCUT2D eigenvalue weighted by atomic mass is 10.2. The summed E-state index contributed by atoms with van der Waals surface area (Å²) in [5, 5.41) is 16.4. The van der Waals surface area contributed by atoms with E-state index in [0.29, 0.717) is 24.4 Å². The van der Waals surface area contributed by atoms with E-state index < -0.39 is 0 Å². The third-order valence-electron chi connectivity index (χ3n) is 3.69. The molecule has 8 heteroatoms. The Kier molecular flexibility index (Phi) is 3.53. The summed E-state index contributed by atoms with van der Waals surface area (Å²) >= 11 is 1.46. The number of carbonyl (C=O) groups is 1. The second-order valence-electron chi connectivity index (χ2n) is 5.58. The van der Waals surface area contributed by atoms with Crippen LogP contribution in [0.2, 0.25) is 0 Å². The Bertz CT molecular complexity index is 853. The van der Waals surface area contributed by atoms with Crippen LogP contribution in [0.15, 0.2) is 24.3 Å². The van der Waals surface area contributed by atoms with Crippen LogP contribution in [0.4, 0.5) is 10.1 Å². The molecule has 0 unspecified atom stereocenters. The van der Waals surface area contributed by atoms with Gasteiger partial charge < -0.3 is 5.32 Å². The number of carbonyl (C=O) groups excluding carboxylic acids is 1. The van der Waals surface area contributed by atoms with Gasteiger partial charge in [-0.25, -0.2) is 4.39 Å². The lowest BCUT2D eigenvalue weighted by Crippen LogP contribution is -2.12. The van der Waals surface area contributed by atoms with E-state index in [-0.39, 0.29) is 11.7 Å². The number of fused-ring (bicyclic) bond motifs is 1. The highest BCUT2D eigenvalue weighted by atomic mass is 32.1. The first kappa shape index (κ1) is 14.3. The van der Waals surface area contributed by atoms with Gasteiger partial charge in [-0.1, -0.05) is 11.3 Å². The first-order chi connectivity index (χ1) is 11.2. The van der Waals surface area contributed by atoms with E-state index in [9.17, 15) is 9.18 Å². The van der Waals surface area contributed by atoms with Crippen molar-refractivity contribution in [1.29, 1.82) is 0 Å². The van der Waals surface area contributed by atoms with E-state index >= 15 is 0 Å². The molecular formula is C15H14FN5OS. The molecule has 1 N–H and O–H groups in total. The summed E-state index contributed by atoms with van der Waals surface area (Å²) in [6, 6.07) is 5.71. The molecule has 6 nitrogen and oxygen atoms in total. The smallest absolute Gasteiger partial charge is 0.234 e. The van der Waals surface area contributed by atoms with Crippen molar-refractivity contribution in [3.05, 3.63) is 40.9 Å². The van der Waals surface area contributed by atoms with Gasteiger partial charge >= 0.3 is 0 Å². The van der Waals surface area contributed by atoms with Crippen LogP contribution in [0.25, 0.3) is 4.96 Å². The molecule has 3 aromatic rings. The van der Waals surface area contributed by atoms with Gasteiger partial charge in [0.15, 0.2) is 5.82 Å². The maximum absolute atomic E-state index is 12.8. The lowest BCUT2D eigenvalue weighted by Gasteiger charge is -2.03. The number of rotatable bonds is 5. The fraction of sp³-hybridized carbons (Fsp3) is 0.333. The fourth-order valence-corrected chi connectivity index (χ4v) is 3.19. The maximum atomic E-state index is 12.8. The predicted molar refractivity (Wildman–Crippen MR) is 84.0 cm³/mol. The van der Waals surface area contributed by atoms with E-state index in [1.165, 1.54) is 35.6 Å². The number of amides is 1. The van der Waals surface area contributed by atoms with Gasteiger partial charge in [0.05, 0.1) is 0 Å². The number of halogens is 1. The first-order valence-corrected chi connectivity index (χ1v) is 8.27. The molecule has 1 saturated carbocycles. The van der Waals surface area contributed by atoms with Gasteiger partial charge in [-0.2, -0.15) is 9.61 Å². The molecule has 1 fully saturated rings. The van der Waals surface area contributed by atoms with Gasteiger partial charge in [-0.05, 0) is 37.1 Å². The van der Waals surface area contributed by atoms with Gasteiger partial charge in [0, 0.05) is 24.4 Å². The molecule has 0 atom stereocenters. The van der Waals surface area contributed by atoms with Crippen molar-refractivity contribution in [2.45, 2.75) is 31.6 Å². The van der Waals surface area contributed by atoms with Gasteiger partial charge in [0.2, 0.25) is 10.9 Å². The summed E-state index contributed by atoms with van der Waals surface area (Å²) in [7, 11) is 0. The van der Waals surface area contributed by atoms with E-state index in [1.807, 2.05) is 0 Å². The number of aryl methyl sites for hydroxylation is 1. The Morgan fingerprint density at radius 2 is 2.09 bits per heavy atom. The van der Waals surface area contributed by atoms with Crippen molar-refractivity contribution in [1.82, 2.24) is 19.8 Å². The molecule has 1 amide bonds. The minimum absolute atomic E-state index is 0.120. The number of benzene rings is 1. The monoisotopic (exact) mass is 331 g/mol. The second kappa shape index (κ2) is 5.69. The Hall–Kier alpha value is -2.35. The van der Waals surface area contributed by atoms with Gasteiger partial charge in [0.25, 0.3) is 0 Å². The summed E-state index contributed by atoms with van der Waals surface area (Å²) in [4.78, 5) is 12.7. The van der Waals surface area contributed by atoms with Gasteiger partial charge in [-0.3, -0.25) is 4.79 Å². The molecule has 1 aliphatic rings. The highest BCUT2D eigenvalue weighted by Gasteiger charge is 2.30. The average Bonchev–Trinajstić information content (AvgIpc) is 3.17. The van der Waals surface area contributed by atoms with Crippen LogP contribution in [-0.2, 0) is 11.2 Å². The summed E-state index contributed by atoms with van der Waals surface area (Å²) in [6.07, 6.45) is 3.16. The van der Waals surface area contributed by atoms with Crippen molar-refractivity contribution in [3.8, 4) is 0 Å². The normalized spacial score (nSPS) is 14.3. The van der Waals surface area contributed by atoms with E-state index in [1.54, 1.807) is 4.52 Å². The molecule has 2 heterocycles. The van der Waals surface area contributed by atoms with Crippen molar-refractivity contribution in [3.63, 3.8) is 0 Å². The number of hydrogen-bond acceptors (Lipinski definition) is 5. The zero-order chi connectivity index (χ0) is 15.8. The predicted octanol–water partition coefficient (Wildman–Crippen LogP) is 2.77. The Balaban J connectivity index is 1.38. The highest BCUT2D eigenvalue weighted by Crippen LogP contribution is 2.39. The quantitative estimate of drug-likeness (QED) is 0.780. The molecule has 4 rings (SSSR count). The van der Waals surface area contributed by atoms with Gasteiger partial charge in [-0.15, -0.1) is 10.2 Å². The highest BCUT2D eigenvalue weighted by molar-refractivity contribution is 7.16. The van der Waals surface area contributed by atoms with Crippen LogP contribution in [-0.4, -0.2) is 25.7 Å². The molecule has 1 aromatic carbocycles. The average molecular weight is 331 g/mol. The molecule has 1 aliphatic carbocycles. The summed E-state index contributed by atoms with van der Waals surface area (Å²) in [6.45, 7) is 0. The van der Waals surface area contributed by atoms with Crippen molar-refractivity contribution in [2.75, 3.05) is 5.32 Å². The molecule has 0 spiro atoms. The summed E-state index contributed by atoms with van der Waals surface area (Å²) < 4.78 is 14.6. The Labute approximate surface area is 135 Å². The number of hydrogen-bond donors (Lipinski definition) is 1. The molecular weight excluding hydrogens is 317 g/mol. The lowest BCUT2D eigenvalue weighted by molar-refractivity contribution is -0.116. The van der Waals surface area contributed by atoms with Crippen molar-refractivity contribution >= 4 is 27.9 Å². The number of aromatic nitrogens is 4. The minimum Gasteiger partial charge on any atom is -0.326 e.